The maximum absolute atomic E-state index is 3.30. The minimum Gasteiger partial charge on any atom is -0.0622 e. The second-order valence-corrected chi connectivity index (χ2v) is 5.49. The Bertz CT molecular complexity index is 398. The summed E-state index contributed by atoms with van der Waals surface area (Å²) in [7, 11) is 0. The van der Waals surface area contributed by atoms with Gasteiger partial charge in [0.05, 0.1) is 0 Å². The van der Waals surface area contributed by atoms with Crippen LogP contribution in [-0.4, -0.2) is 0 Å². The number of hydrogen-bond donors (Lipinski definition) is 0. The van der Waals surface area contributed by atoms with Gasteiger partial charge in [0.25, 0.3) is 0 Å². The molecule has 0 amide bonds. The molecule has 0 nitrogen and oxygen atoms in total. The molecule has 0 fully saturated rings. The van der Waals surface area contributed by atoms with E-state index >= 15 is 0 Å². The molecule has 0 heteroatoms. The van der Waals surface area contributed by atoms with Gasteiger partial charge < -0.3 is 0 Å². The molecule has 0 aliphatic rings. The quantitative estimate of drug-likeness (QED) is 0.517. The van der Waals surface area contributed by atoms with E-state index in [1.165, 1.54) is 62.5 Å². The zero-order chi connectivity index (χ0) is 13.9. The Morgan fingerprint density at radius 2 is 1.25 bits per heavy atom. The molecule has 0 saturated carbocycles. The van der Waals surface area contributed by atoms with E-state index in [0.717, 1.165) is 0 Å². The second-order valence-electron chi connectivity index (χ2n) is 5.49. The number of rotatable bonds is 9. The van der Waals surface area contributed by atoms with Crippen LogP contribution in [-0.2, 0) is 12.8 Å². The van der Waals surface area contributed by atoms with Crippen molar-refractivity contribution in [1.82, 2.24) is 0 Å². The van der Waals surface area contributed by atoms with Gasteiger partial charge in [-0.2, -0.15) is 0 Å². The molecule has 0 saturated heterocycles. The summed E-state index contributed by atoms with van der Waals surface area (Å²) >= 11 is 0. The van der Waals surface area contributed by atoms with Gasteiger partial charge in [0.15, 0.2) is 0 Å². The van der Waals surface area contributed by atoms with E-state index in [2.05, 4.69) is 48.5 Å². The molecule has 0 atom stereocenters. The van der Waals surface area contributed by atoms with Crippen molar-refractivity contribution in [2.24, 2.45) is 0 Å². The molecule has 0 spiro atoms. The molecule has 0 bridgehead atoms. The Balaban J connectivity index is 1.44. The first-order chi connectivity index (χ1) is 9.95. The van der Waals surface area contributed by atoms with Gasteiger partial charge in [-0.1, -0.05) is 80.3 Å². The van der Waals surface area contributed by atoms with Gasteiger partial charge in [-0.3, -0.25) is 0 Å². The van der Waals surface area contributed by atoms with Gasteiger partial charge in [-0.05, 0) is 42.9 Å². The Labute approximate surface area is 123 Å². The van der Waals surface area contributed by atoms with E-state index in [0.29, 0.717) is 0 Å². The topological polar surface area (TPSA) is 0 Å². The molecule has 20 heavy (non-hydrogen) atoms. The smallest absolute Gasteiger partial charge is 0.0149 e. The maximum Gasteiger partial charge on any atom is -0.0149 e. The summed E-state index contributed by atoms with van der Waals surface area (Å²) in [5, 5.41) is 0. The lowest BCUT2D eigenvalue weighted by Crippen LogP contribution is -1.87. The summed E-state index contributed by atoms with van der Waals surface area (Å²) in [5.41, 5.74) is 2.84. The zero-order valence-corrected chi connectivity index (χ0v) is 12.4. The lowest BCUT2D eigenvalue weighted by Gasteiger charge is -2.03. The highest BCUT2D eigenvalue weighted by atomic mass is 14.0. The van der Waals surface area contributed by atoms with Gasteiger partial charge in [0, 0.05) is 0 Å². The normalized spacial score (nSPS) is 10.6. The van der Waals surface area contributed by atoms with E-state index in [1.807, 2.05) is 12.1 Å². The van der Waals surface area contributed by atoms with Crippen molar-refractivity contribution in [3.8, 4) is 0 Å². The molecular formula is C20H25. The van der Waals surface area contributed by atoms with Crippen molar-refractivity contribution in [3.63, 3.8) is 0 Å². The summed E-state index contributed by atoms with van der Waals surface area (Å²) in [6.07, 6.45) is 10.5. The van der Waals surface area contributed by atoms with Crippen LogP contribution < -0.4 is 0 Å². The van der Waals surface area contributed by atoms with E-state index < -0.39 is 0 Å². The van der Waals surface area contributed by atoms with Gasteiger partial charge in [0.1, 0.15) is 0 Å². The molecule has 2 aromatic rings. The molecule has 0 N–H and O–H groups in total. The fourth-order valence-electron chi connectivity index (χ4n) is 2.58. The molecule has 2 rings (SSSR count). The number of benzene rings is 2. The van der Waals surface area contributed by atoms with Crippen molar-refractivity contribution in [2.45, 2.75) is 51.4 Å². The first kappa shape index (κ1) is 14.8. The molecule has 0 unspecified atom stereocenters. The molecule has 0 aromatic heterocycles. The van der Waals surface area contributed by atoms with E-state index in [9.17, 15) is 0 Å². The largest absolute Gasteiger partial charge is 0.0622 e. The molecule has 105 valence electrons. The highest BCUT2D eigenvalue weighted by molar-refractivity contribution is 5.14. The lowest BCUT2D eigenvalue weighted by molar-refractivity contribution is 0.594. The highest BCUT2D eigenvalue weighted by Gasteiger charge is 1.95. The van der Waals surface area contributed by atoms with Gasteiger partial charge in [-0.25, -0.2) is 0 Å². The minimum atomic E-state index is 1.19. The van der Waals surface area contributed by atoms with Crippen LogP contribution in [0.4, 0.5) is 0 Å². The standard InChI is InChI=1S/C20H25/c1(3-7-13-19-15-9-5-10-16-19)2-4-8-14-20-17-11-6-12-18-20/h5-6,9-12,15-17H,1-4,7-8,13-14H2. The number of aryl methyl sites for hydroxylation is 2. The minimum absolute atomic E-state index is 1.19. The summed E-state index contributed by atoms with van der Waals surface area (Å²) in [6, 6.07) is 22.5. The van der Waals surface area contributed by atoms with Crippen LogP contribution in [0.3, 0.4) is 0 Å². The average Bonchev–Trinajstić information content (AvgIpc) is 2.52. The van der Waals surface area contributed by atoms with Crippen molar-refractivity contribution in [3.05, 3.63) is 71.8 Å². The van der Waals surface area contributed by atoms with E-state index in [-0.39, 0.29) is 0 Å². The summed E-state index contributed by atoms with van der Waals surface area (Å²) in [6.45, 7) is 0. The molecule has 0 heterocycles. The highest BCUT2D eigenvalue weighted by Crippen LogP contribution is 2.11. The lowest BCUT2D eigenvalue weighted by atomic mass is 10.0. The zero-order valence-electron chi connectivity index (χ0n) is 12.4. The molecular weight excluding hydrogens is 240 g/mol. The molecule has 0 aliphatic heterocycles. The van der Waals surface area contributed by atoms with Crippen LogP contribution in [0.1, 0.15) is 49.7 Å². The van der Waals surface area contributed by atoms with Gasteiger partial charge in [-0.15, -0.1) is 0 Å². The van der Waals surface area contributed by atoms with E-state index in [1.54, 1.807) is 0 Å². The van der Waals surface area contributed by atoms with Gasteiger partial charge in [0.2, 0.25) is 0 Å². The summed E-state index contributed by atoms with van der Waals surface area (Å²) in [5.74, 6) is 0. The van der Waals surface area contributed by atoms with Crippen molar-refractivity contribution in [1.29, 1.82) is 0 Å². The Morgan fingerprint density at radius 3 is 1.95 bits per heavy atom. The maximum atomic E-state index is 3.30. The van der Waals surface area contributed by atoms with Crippen molar-refractivity contribution >= 4 is 0 Å². The third-order valence-corrected chi connectivity index (χ3v) is 3.78. The molecule has 2 aromatic carbocycles. The van der Waals surface area contributed by atoms with Crippen LogP contribution in [0.2, 0.25) is 0 Å². The van der Waals surface area contributed by atoms with Crippen LogP contribution in [0.5, 0.6) is 0 Å². The summed E-state index contributed by atoms with van der Waals surface area (Å²) in [4.78, 5) is 0. The SMILES string of the molecule is [c]1ccccc1CCCCCCCCc1ccccc1. The fourth-order valence-corrected chi connectivity index (χ4v) is 2.58. The van der Waals surface area contributed by atoms with Crippen molar-refractivity contribution < 1.29 is 0 Å². The molecule has 1 radical (unpaired) electrons. The van der Waals surface area contributed by atoms with Crippen LogP contribution in [0, 0.1) is 6.07 Å². The Kier molecular flexibility index (Phi) is 6.95. The monoisotopic (exact) mass is 265 g/mol. The van der Waals surface area contributed by atoms with Crippen LogP contribution in [0.25, 0.3) is 0 Å². The third-order valence-electron chi connectivity index (χ3n) is 3.78. The predicted molar refractivity (Wildman–Crippen MR) is 86.8 cm³/mol. The van der Waals surface area contributed by atoms with Crippen LogP contribution >= 0.6 is 0 Å². The van der Waals surface area contributed by atoms with E-state index in [4.69, 9.17) is 0 Å². The first-order valence-corrected chi connectivity index (χ1v) is 7.95. The number of hydrogen-bond acceptors (Lipinski definition) is 0. The second kappa shape index (κ2) is 9.36. The molecule has 0 aliphatic carbocycles. The number of unbranched alkanes of at least 4 members (excludes halogenated alkanes) is 5. The Morgan fingerprint density at radius 1 is 0.600 bits per heavy atom. The first-order valence-electron chi connectivity index (χ1n) is 7.95. The fraction of sp³-hybridized carbons (Fsp3) is 0.400. The average molecular weight is 265 g/mol. The summed E-state index contributed by atoms with van der Waals surface area (Å²) < 4.78 is 0. The third kappa shape index (κ3) is 6.06. The van der Waals surface area contributed by atoms with Crippen molar-refractivity contribution in [2.75, 3.05) is 0 Å². The van der Waals surface area contributed by atoms with Gasteiger partial charge >= 0.3 is 0 Å². The van der Waals surface area contributed by atoms with Crippen LogP contribution in [0.15, 0.2) is 54.6 Å². The Hall–Kier alpha value is -1.56. The predicted octanol–water partition coefficient (Wildman–Crippen LogP) is 5.61.